The van der Waals surface area contributed by atoms with Crippen LogP contribution in [0.1, 0.15) is 13.8 Å². The molecule has 1 fully saturated rings. The molecule has 1 heterocycles. The Hall–Kier alpha value is -0.660. The predicted octanol–water partition coefficient (Wildman–Crippen LogP) is -1.36. The van der Waals surface area contributed by atoms with Gasteiger partial charge in [-0.25, -0.2) is 0 Å². The first-order chi connectivity index (χ1) is 6.84. The van der Waals surface area contributed by atoms with Gasteiger partial charge in [0.1, 0.15) is 18.3 Å². The Morgan fingerprint density at radius 2 is 1.87 bits per heavy atom. The summed E-state index contributed by atoms with van der Waals surface area (Å²) in [7, 11) is 0. The summed E-state index contributed by atoms with van der Waals surface area (Å²) in [4.78, 5) is 0. The highest BCUT2D eigenvalue weighted by molar-refractivity contribution is 5.17. The van der Waals surface area contributed by atoms with Crippen LogP contribution in [0.5, 0.6) is 0 Å². The van der Waals surface area contributed by atoms with E-state index >= 15 is 0 Å². The molecular formula is C9H16O6. The molecule has 0 aromatic rings. The Morgan fingerprint density at radius 1 is 1.33 bits per heavy atom. The van der Waals surface area contributed by atoms with E-state index in [-0.39, 0.29) is 0 Å². The maximum atomic E-state index is 9.82. The topological polar surface area (TPSA) is 110 Å². The molecule has 0 bridgehead atoms. The highest BCUT2D eigenvalue weighted by Crippen LogP contribution is 2.34. The molecular weight excluding hydrogens is 204 g/mol. The largest absolute Gasteiger partial charge is 0.507 e. The van der Waals surface area contributed by atoms with Crippen LogP contribution < -0.4 is 0 Å². The van der Waals surface area contributed by atoms with Gasteiger partial charge in [0, 0.05) is 0 Å². The van der Waals surface area contributed by atoms with Crippen molar-refractivity contribution >= 4 is 0 Å². The maximum absolute atomic E-state index is 9.82. The molecule has 0 radical (unpaired) electrons. The molecule has 0 aromatic carbocycles. The monoisotopic (exact) mass is 220 g/mol. The minimum Gasteiger partial charge on any atom is -0.507 e. The maximum Gasteiger partial charge on any atom is 0.255 e. The average molecular weight is 220 g/mol. The number of aliphatic hydroxyl groups is 5. The summed E-state index contributed by atoms with van der Waals surface area (Å²) >= 11 is 0. The first kappa shape index (κ1) is 12.4. The molecule has 1 aliphatic rings. The number of allylic oxidation sites excluding steroid dienone is 1. The Labute approximate surface area is 87.0 Å². The van der Waals surface area contributed by atoms with Gasteiger partial charge >= 0.3 is 0 Å². The van der Waals surface area contributed by atoms with Gasteiger partial charge in [0.25, 0.3) is 5.79 Å². The Kier molecular flexibility index (Phi) is 3.37. The van der Waals surface area contributed by atoms with Gasteiger partial charge < -0.3 is 30.3 Å². The molecule has 0 saturated carbocycles. The molecule has 0 aliphatic carbocycles. The van der Waals surface area contributed by atoms with Crippen molar-refractivity contribution in [2.24, 2.45) is 0 Å². The number of rotatable bonds is 2. The first-order valence-corrected chi connectivity index (χ1v) is 4.58. The molecule has 1 saturated heterocycles. The zero-order valence-electron chi connectivity index (χ0n) is 8.58. The average Bonchev–Trinajstić information content (AvgIpc) is 2.42. The van der Waals surface area contributed by atoms with Crippen molar-refractivity contribution in [3.63, 3.8) is 0 Å². The fourth-order valence-corrected chi connectivity index (χ4v) is 1.50. The van der Waals surface area contributed by atoms with Crippen molar-refractivity contribution in [2.75, 3.05) is 6.61 Å². The van der Waals surface area contributed by atoms with Crippen LogP contribution in [0.2, 0.25) is 0 Å². The van der Waals surface area contributed by atoms with E-state index in [1.54, 1.807) is 0 Å². The van der Waals surface area contributed by atoms with Crippen LogP contribution in [0.3, 0.4) is 0 Å². The Morgan fingerprint density at radius 3 is 2.20 bits per heavy atom. The molecule has 0 spiro atoms. The van der Waals surface area contributed by atoms with Crippen LogP contribution in [0.4, 0.5) is 0 Å². The normalized spacial score (nSPS) is 40.5. The van der Waals surface area contributed by atoms with Crippen LogP contribution in [-0.2, 0) is 4.74 Å². The van der Waals surface area contributed by atoms with Crippen LogP contribution in [0, 0.1) is 0 Å². The van der Waals surface area contributed by atoms with Crippen molar-refractivity contribution in [2.45, 2.75) is 37.9 Å². The van der Waals surface area contributed by atoms with Gasteiger partial charge in [-0.2, -0.15) is 0 Å². The zero-order chi connectivity index (χ0) is 11.8. The predicted molar refractivity (Wildman–Crippen MR) is 49.9 cm³/mol. The van der Waals surface area contributed by atoms with E-state index in [2.05, 4.69) is 0 Å². The summed E-state index contributed by atoms with van der Waals surface area (Å²) < 4.78 is 4.84. The van der Waals surface area contributed by atoms with Gasteiger partial charge in [0.15, 0.2) is 5.76 Å². The highest BCUT2D eigenvalue weighted by atomic mass is 16.7. The summed E-state index contributed by atoms with van der Waals surface area (Å²) in [6.45, 7) is 2.47. The molecule has 6 heteroatoms. The van der Waals surface area contributed by atoms with Crippen LogP contribution in [0.15, 0.2) is 11.3 Å². The molecule has 1 aliphatic heterocycles. The van der Waals surface area contributed by atoms with Gasteiger partial charge in [0.2, 0.25) is 0 Å². The number of aliphatic hydroxyl groups excluding tert-OH is 4. The van der Waals surface area contributed by atoms with Crippen LogP contribution in [-0.4, -0.2) is 56.2 Å². The standard InChI is InChI=1S/C9H16O6/c1-4(2)7(12)9(14)8(13)6(11)5(3-10)15-9/h5-6,8,10-14H,3H2,1-2H3/t5-,6+,8-,9?/m0/s1. The number of hydrogen-bond donors (Lipinski definition) is 5. The van der Waals surface area contributed by atoms with E-state index in [9.17, 15) is 20.4 Å². The minimum absolute atomic E-state index is 0.349. The van der Waals surface area contributed by atoms with Crippen molar-refractivity contribution in [1.29, 1.82) is 0 Å². The van der Waals surface area contributed by atoms with Crippen molar-refractivity contribution < 1.29 is 30.3 Å². The second kappa shape index (κ2) is 4.07. The van der Waals surface area contributed by atoms with Gasteiger partial charge in [-0.1, -0.05) is 0 Å². The minimum atomic E-state index is -2.34. The molecule has 1 rings (SSSR count). The third kappa shape index (κ3) is 1.86. The summed E-state index contributed by atoms with van der Waals surface area (Å²) in [6, 6.07) is 0. The fraction of sp³-hybridized carbons (Fsp3) is 0.778. The lowest BCUT2D eigenvalue weighted by Crippen LogP contribution is -2.45. The third-order valence-corrected chi connectivity index (χ3v) is 2.43. The Bertz CT molecular complexity index is 272. The highest BCUT2D eigenvalue weighted by Gasteiger charge is 2.56. The lowest BCUT2D eigenvalue weighted by atomic mass is 10.0. The van der Waals surface area contributed by atoms with E-state index in [4.69, 9.17) is 9.84 Å². The summed E-state index contributed by atoms with van der Waals surface area (Å²) in [5, 5.41) is 47.1. The second-order valence-electron chi connectivity index (χ2n) is 3.82. The van der Waals surface area contributed by atoms with E-state index in [1.807, 2.05) is 0 Å². The molecule has 88 valence electrons. The van der Waals surface area contributed by atoms with Gasteiger partial charge in [-0.05, 0) is 19.4 Å². The molecule has 15 heavy (non-hydrogen) atoms. The zero-order valence-corrected chi connectivity index (χ0v) is 8.58. The summed E-state index contributed by atoms with van der Waals surface area (Å²) in [6.07, 6.45) is -4.25. The molecule has 0 amide bonds. The lowest BCUT2D eigenvalue weighted by molar-refractivity contribution is -0.221. The molecule has 0 aromatic heterocycles. The van der Waals surface area contributed by atoms with E-state index in [0.29, 0.717) is 5.57 Å². The number of hydrogen-bond acceptors (Lipinski definition) is 6. The van der Waals surface area contributed by atoms with E-state index in [1.165, 1.54) is 13.8 Å². The smallest absolute Gasteiger partial charge is 0.255 e. The van der Waals surface area contributed by atoms with Crippen molar-refractivity contribution in [3.05, 3.63) is 11.3 Å². The molecule has 4 atom stereocenters. The third-order valence-electron chi connectivity index (χ3n) is 2.43. The lowest BCUT2D eigenvalue weighted by Gasteiger charge is -2.25. The fourth-order valence-electron chi connectivity index (χ4n) is 1.50. The first-order valence-electron chi connectivity index (χ1n) is 4.58. The van der Waals surface area contributed by atoms with Gasteiger partial charge in [0.05, 0.1) is 6.61 Å². The number of ether oxygens (including phenoxy) is 1. The van der Waals surface area contributed by atoms with Crippen molar-refractivity contribution in [1.82, 2.24) is 0 Å². The van der Waals surface area contributed by atoms with E-state index < -0.39 is 36.5 Å². The van der Waals surface area contributed by atoms with Crippen LogP contribution >= 0.6 is 0 Å². The van der Waals surface area contributed by atoms with Gasteiger partial charge in [-0.15, -0.1) is 0 Å². The second-order valence-corrected chi connectivity index (χ2v) is 3.82. The quantitative estimate of drug-likeness (QED) is 0.368. The molecule has 1 unspecified atom stereocenters. The molecule has 6 nitrogen and oxygen atoms in total. The van der Waals surface area contributed by atoms with Crippen molar-refractivity contribution in [3.8, 4) is 0 Å². The van der Waals surface area contributed by atoms with Crippen LogP contribution in [0.25, 0.3) is 0 Å². The van der Waals surface area contributed by atoms with Gasteiger partial charge in [-0.3, -0.25) is 0 Å². The van der Waals surface area contributed by atoms with E-state index in [0.717, 1.165) is 0 Å². The molecule has 5 N–H and O–H groups in total. The Balaban J connectivity index is 3.02. The SMILES string of the molecule is CC(C)=C(O)C1(O)O[C@@H](CO)[C@@H](O)[C@@H]1O. The summed E-state index contributed by atoms with van der Waals surface area (Å²) in [5.74, 6) is -2.89. The summed E-state index contributed by atoms with van der Waals surface area (Å²) in [5.41, 5.74) is 0.349.